The quantitative estimate of drug-likeness (QED) is 0.549. The molecule has 2 aliphatic rings. The average molecular weight is 498 g/mol. The Bertz CT molecular complexity index is 1270. The molecular formula is C21H20BrN7O3. The van der Waals surface area contributed by atoms with Gasteiger partial charge in [-0.3, -0.25) is 24.0 Å². The largest absolute Gasteiger partial charge is 0.364 e. The maximum absolute atomic E-state index is 13.3. The number of rotatable bonds is 5. The second kappa shape index (κ2) is 7.66. The van der Waals surface area contributed by atoms with Crippen LogP contribution in [0.25, 0.3) is 10.9 Å². The third kappa shape index (κ3) is 3.52. The fourth-order valence-electron chi connectivity index (χ4n) is 4.39. The van der Waals surface area contributed by atoms with Crippen LogP contribution in [0, 0.1) is 12.8 Å². The van der Waals surface area contributed by atoms with Crippen molar-refractivity contribution in [2.24, 2.45) is 11.7 Å². The highest BCUT2D eigenvalue weighted by molar-refractivity contribution is 9.10. The van der Waals surface area contributed by atoms with Crippen LogP contribution in [-0.4, -0.2) is 54.5 Å². The zero-order valence-electron chi connectivity index (χ0n) is 17.2. The fourth-order valence-corrected chi connectivity index (χ4v) is 4.68. The molecule has 1 saturated heterocycles. The summed E-state index contributed by atoms with van der Waals surface area (Å²) < 4.78 is 2.03. The highest BCUT2D eigenvalue weighted by atomic mass is 79.9. The Morgan fingerprint density at radius 2 is 2.03 bits per heavy atom. The first-order valence-electron chi connectivity index (χ1n) is 10.2. The number of nitrogens with zero attached hydrogens (tertiary/aromatic N) is 5. The molecule has 5 rings (SSSR count). The molecule has 3 amide bonds. The fraction of sp³-hybridized carbons (Fsp3) is 0.333. The van der Waals surface area contributed by atoms with E-state index in [1.165, 1.54) is 10.9 Å². The molecule has 32 heavy (non-hydrogen) atoms. The van der Waals surface area contributed by atoms with Crippen LogP contribution in [0.2, 0.25) is 0 Å². The number of carbonyl (C=O) groups is 3. The first-order valence-corrected chi connectivity index (χ1v) is 11.0. The average Bonchev–Trinajstić information content (AvgIpc) is 3.26. The normalized spacial score (nSPS) is 21.4. The van der Waals surface area contributed by atoms with E-state index in [9.17, 15) is 14.4 Å². The molecule has 1 aliphatic heterocycles. The molecule has 1 aliphatic carbocycles. The first kappa shape index (κ1) is 20.6. The van der Waals surface area contributed by atoms with Crippen molar-refractivity contribution in [1.29, 1.82) is 0 Å². The van der Waals surface area contributed by atoms with Crippen molar-refractivity contribution in [3.8, 4) is 0 Å². The van der Waals surface area contributed by atoms with Crippen molar-refractivity contribution >= 4 is 50.4 Å². The van der Waals surface area contributed by atoms with Gasteiger partial charge in [-0.1, -0.05) is 18.2 Å². The minimum atomic E-state index is -0.654. The van der Waals surface area contributed by atoms with Gasteiger partial charge in [-0.05, 0) is 47.7 Å². The summed E-state index contributed by atoms with van der Waals surface area (Å²) in [5.41, 5.74) is 6.93. The second-order valence-electron chi connectivity index (χ2n) is 8.12. The van der Waals surface area contributed by atoms with Gasteiger partial charge in [-0.25, -0.2) is 4.98 Å². The van der Waals surface area contributed by atoms with Gasteiger partial charge in [-0.2, -0.15) is 5.10 Å². The Hall–Kier alpha value is -3.34. The Labute approximate surface area is 191 Å². The van der Waals surface area contributed by atoms with E-state index in [0.717, 1.165) is 6.42 Å². The van der Waals surface area contributed by atoms with Gasteiger partial charge < -0.3 is 16.0 Å². The number of hydrogen-bond donors (Lipinski definition) is 2. The number of benzene rings is 1. The number of nitrogens with one attached hydrogen (secondary N) is 1. The Morgan fingerprint density at radius 1 is 1.25 bits per heavy atom. The van der Waals surface area contributed by atoms with Crippen molar-refractivity contribution in [3.63, 3.8) is 0 Å². The van der Waals surface area contributed by atoms with Crippen LogP contribution < -0.4 is 11.1 Å². The summed E-state index contributed by atoms with van der Waals surface area (Å²) in [6.45, 7) is 1.72. The lowest BCUT2D eigenvalue weighted by atomic mass is 10.1. The van der Waals surface area contributed by atoms with Crippen LogP contribution in [0.4, 0.5) is 5.82 Å². The number of hydrogen-bond acceptors (Lipinski definition) is 6. The molecule has 3 heterocycles. The Balaban J connectivity index is 1.37. The van der Waals surface area contributed by atoms with Crippen LogP contribution in [0.5, 0.6) is 0 Å². The molecule has 11 heteroatoms. The van der Waals surface area contributed by atoms with E-state index in [-0.39, 0.29) is 30.1 Å². The number of fused-ring (bicyclic) bond motifs is 2. The van der Waals surface area contributed by atoms with Crippen molar-refractivity contribution in [2.75, 3.05) is 5.32 Å². The molecule has 3 aromatic rings. The number of primary amides is 1. The minimum absolute atomic E-state index is 0.0477. The standard InChI is InChI=1S/C21H20BrN7O3/c1-10-19(22)25-16(8-24-10)26-21(32)15-7-11-6-14(11)29(15)17(30)9-28-13-5-3-2-4-12(13)18(27-28)20(23)31/h2-5,8,11,14-15H,6-7,9H2,1H3,(H2,23,31)(H,25,26,32)/t11-,14-,15+/m1/s1. The number of likely N-dealkylation sites (tertiary alicyclic amines) is 1. The van der Waals surface area contributed by atoms with Crippen LogP contribution in [0.15, 0.2) is 35.1 Å². The predicted molar refractivity (Wildman–Crippen MR) is 118 cm³/mol. The summed E-state index contributed by atoms with van der Waals surface area (Å²) in [5, 5.41) is 7.63. The number of aryl methyl sites for hydroxylation is 1. The maximum atomic E-state index is 13.3. The summed E-state index contributed by atoms with van der Waals surface area (Å²) in [5.74, 6) is -0.529. The number of halogens is 1. The molecule has 3 N–H and O–H groups in total. The molecule has 0 radical (unpaired) electrons. The predicted octanol–water partition coefficient (Wildman–Crippen LogP) is 1.62. The zero-order chi connectivity index (χ0) is 22.6. The van der Waals surface area contributed by atoms with Gasteiger partial charge >= 0.3 is 0 Å². The Kier molecular flexibility index (Phi) is 4.92. The molecule has 1 aromatic carbocycles. The molecule has 0 unspecified atom stereocenters. The van der Waals surface area contributed by atoms with Gasteiger partial charge in [-0.15, -0.1) is 0 Å². The summed E-state index contributed by atoms with van der Waals surface area (Å²) in [7, 11) is 0. The van der Waals surface area contributed by atoms with Crippen LogP contribution in [0.1, 0.15) is 29.0 Å². The smallest absolute Gasteiger partial charge is 0.269 e. The molecule has 0 spiro atoms. The van der Waals surface area contributed by atoms with Crippen molar-refractivity contribution < 1.29 is 14.4 Å². The molecule has 2 aromatic heterocycles. The lowest BCUT2D eigenvalue weighted by Crippen LogP contribution is -2.46. The first-order chi connectivity index (χ1) is 15.3. The number of piperidine rings is 1. The van der Waals surface area contributed by atoms with Crippen LogP contribution in [0.3, 0.4) is 0 Å². The number of carbonyl (C=O) groups excluding carboxylic acids is 3. The number of anilines is 1. The lowest BCUT2D eigenvalue weighted by Gasteiger charge is -2.26. The third-order valence-corrected chi connectivity index (χ3v) is 6.77. The monoisotopic (exact) mass is 497 g/mol. The molecular weight excluding hydrogens is 478 g/mol. The number of nitrogens with two attached hydrogens (primary N) is 1. The number of amides is 3. The van der Waals surface area contributed by atoms with Crippen LogP contribution in [-0.2, 0) is 16.1 Å². The number of aromatic nitrogens is 4. The molecule has 164 valence electrons. The van der Waals surface area contributed by atoms with Gasteiger partial charge in [0.05, 0.1) is 17.4 Å². The van der Waals surface area contributed by atoms with Gasteiger partial charge in [0.1, 0.15) is 17.2 Å². The topological polar surface area (TPSA) is 136 Å². The maximum Gasteiger partial charge on any atom is 0.269 e. The lowest BCUT2D eigenvalue weighted by molar-refractivity contribution is -0.138. The SMILES string of the molecule is Cc1ncc(NC(=O)[C@@H]2C[C@H]3C[C@H]3N2C(=O)Cn2nc(C(N)=O)c3ccccc32)nc1Br. The van der Waals surface area contributed by atoms with Gasteiger partial charge in [0.15, 0.2) is 11.5 Å². The summed E-state index contributed by atoms with van der Waals surface area (Å²) in [6.07, 6.45) is 2.98. The van der Waals surface area contributed by atoms with E-state index in [4.69, 9.17) is 5.73 Å². The molecule has 3 atom stereocenters. The van der Waals surface area contributed by atoms with E-state index in [0.29, 0.717) is 39.4 Å². The molecule has 2 fully saturated rings. The zero-order valence-corrected chi connectivity index (χ0v) is 18.7. The molecule has 1 saturated carbocycles. The van der Waals surface area contributed by atoms with E-state index in [1.54, 1.807) is 36.1 Å². The summed E-state index contributed by atoms with van der Waals surface area (Å²) in [4.78, 5) is 48.1. The minimum Gasteiger partial charge on any atom is -0.364 e. The highest BCUT2D eigenvalue weighted by Gasteiger charge is 2.56. The van der Waals surface area contributed by atoms with Crippen molar-refractivity contribution in [1.82, 2.24) is 24.6 Å². The van der Waals surface area contributed by atoms with Gasteiger partial charge in [0.2, 0.25) is 11.8 Å². The van der Waals surface area contributed by atoms with Crippen LogP contribution >= 0.6 is 15.9 Å². The third-order valence-electron chi connectivity index (χ3n) is 6.02. The summed E-state index contributed by atoms with van der Waals surface area (Å²) in [6, 6.07) is 6.57. The van der Waals surface area contributed by atoms with Gasteiger partial charge in [0, 0.05) is 11.4 Å². The van der Waals surface area contributed by atoms with Gasteiger partial charge in [0.25, 0.3) is 5.91 Å². The highest BCUT2D eigenvalue weighted by Crippen LogP contribution is 2.48. The van der Waals surface area contributed by atoms with E-state index < -0.39 is 11.9 Å². The van der Waals surface area contributed by atoms with Crippen molar-refractivity contribution in [2.45, 2.75) is 38.4 Å². The van der Waals surface area contributed by atoms with E-state index >= 15 is 0 Å². The molecule has 10 nitrogen and oxygen atoms in total. The van der Waals surface area contributed by atoms with E-state index in [2.05, 4.69) is 36.3 Å². The van der Waals surface area contributed by atoms with Crippen molar-refractivity contribution in [3.05, 3.63) is 46.5 Å². The molecule has 0 bridgehead atoms. The van der Waals surface area contributed by atoms with E-state index in [1.807, 2.05) is 0 Å². The number of para-hydroxylation sites is 1. The Morgan fingerprint density at radius 3 is 2.78 bits per heavy atom. The second-order valence-corrected chi connectivity index (χ2v) is 8.88. The summed E-state index contributed by atoms with van der Waals surface area (Å²) >= 11 is 3.31.